The molecule has 77 heavy (non-hydrogen) atoms. The molecule has 0 saturated heterocycles. The van der Waals surface area contributed by atoms with Gasteiger partial charge in [-0.2, -0.15) is 0 Å². The molecule has 0 saturated carbocycles. The first-order chi connectivity index (χ1) is 36.4. The summed E-state index contributed by atoms with van der Waals surface area (Å²) in [5.74, 6) is 0.368. The Hall–Kier alpha value is -7.77. The van der Waals surface area contributed by atoms with Crippen molar-refractivity contribution in [3.8, 4) is 95.3 Å². The van der Waals surface area contributed by atoms with Crippen LogP contribution in [0.3, 0.4) is 0 Å². The van der Waals surface area contributed by atoms with Crippen molar-refractivity contribution in [1.29, 1.82) is 0 Å². The topological polar surface area (TPSA) is 84.7 Å². The summed E-state index contributed by atoms with van der Waals surface area (Å²) in [5.41, 5.74) is 19.7. The van der Waals surface area contributed by atoms with Crippen molar-refractivity contribution in [1.82, 2.24) is 24.9 Å². The van der Waals surface area contributed by atoms with E-state index in [1.807, 2.05) is 24.3 Å². The number of hydrogen-bond acceptors (Lipinski definition) is 6. The summed E-state index contributed by atoms with van der Waals surface area (Å²) >= 11 is 0. The fourth-order valence-corrected chi connectivity index (χ4v) is 9.26. The van der Waals surface area contributed by atoms with Gasteiger partial charge in [-0.05, 0) is 97.9 Å². The van der Waals surface area contributed by atoms with Crippen LogP contribution in [0.5, 0.6) is 5.75 Å². The SMILES string of the molecule is CC(C)(C)c1cc(-c2[c-]c(-c3cc(C(C)(C)C)ncn3)cc(-c3ccc(-c4ccccc4)cc3)c2)ncn1.CC(C)c1cc(-c2ccccc2)cc(C(C)C)c1-c1cc(-c2[c-]cc(F)cc2)nc(-c2ccccc2O)c1.[Ir]. The molecule has 0 unspecified atom stereocenters. The van der Waals surface area contributed by atoms with Gasteiger partial charge in [0, 0.05) is 65.1 Å². The number of phenols is 1. The average Bonchev–Trinajstić information content (AvgIpc) is 3.44. The molecule has 389 valence electrons. The Morgan fingerprint density at radius 1 is 0.442 bits per heavy atom. The molecule has 0 aliphatic rings. The van der Waals surface area contributed by atoms with Crippen molar-refractivity contribution < 1.29 is 29.6 Å². The first kappa shape index (κ1) is 55.5. The van der Waals surface area contributed by atoms with Crippen LogP contribution in [-0.2, 0) is 30.9 Å². The van der Waals surface area contributed by atoms with Crippen molar-refractivity contribution in [3.63, 3.8) is 0 Å². The number of rotatable bonds is 10. The van der Waals surface area contributed by atoms with E-state index >= 15 is 0 Å². The molecule has 0 amide bonds. The van der Waals surface area contributed by atoms with Gasteiger partial charge in [-0.15, -0.1) is 48.0 Å². The van der Waals surface area contributed by atoms with Crippen molar-refractivity contribution in [3.05, 3.63) is 229 Å². The molecule has 0 aliphatic heterocycles. The van der Waals surface area contributed by atoms with Crippen LogP contribution in [-0.4, -0.2) is 30.0 Å². The summed E-state index contributed by atoms with van der Waals surface area (Å²) in [6, 6.07) is 65.0. The van der Waals surface area contributed by atoms with E-state index in [9.17, 15) is 9.50 Å². The number of nitrogens with zero attached hydrogens (tertiary/aromatic N) is 5. The molecule has 7 aromatic carbocycles. The number of halogens is 1. The van der Waals surface area contributed by atoms with E-state index in [0.29, 0.717) is 22.5 Å². The number of hydrogen-bond donors (Lipinski definition) is 1. The average molecular weight is 1190 g/mol. The number of benzene rings is 7. The molecule has 0 fully saturated rings. The maximum atomic E-state index is 13.7. The molecule has 0 spiro atoms. The summed E-state index contributed by atoms with van der Waals surface area (Å²) in [6.07, 6.45) is 3.29. The molecule has 0 bridgehead atoms. The van der Waals surface area contributed by atoms with Crippen LogP contribution in [0.4, 0.5) is 4.39 Å². The number of aromatic hydroxyl groups is 1. The predicted octanol–water partition coefficient (Wildman–Crippen LogP) is 18.0. The van der Waals surface area contributed by atoms with Crippen LogP contribution in [0.1, 0.15) is 104 Å². The van der Waals surface area contributed by atoms with Crippen molar-refractivity contribution in [2.45, 2.75) is 91.9 Å². The first-order valence-corrected chi connectivity index (χ1v) is 26.0. The van der Waals surface area contributed by atoms with Gasteiger partial charge in [0.15, 0.2) is 0 Å². The largest absolute Gasteiger partial charge is 0.507 e. The molecule has 10 aromatic rings. The number of pyridine rings is 1. The van der Waals surface area contributed by atoms with Crippen molar-refractivity contribution in [2.24, 2.45) is 0 Å². The predicted molar refractivity (Wildman–Crippen MR) is 310 cm³/mol. The Kier molecular flexibility index (Phi) is 17.0. The molecule has 3 heterocycles. The zero-order chi connectivity index (χ0) is 53.7. The minimum absolute atomic E-state index is 0. The number of phenolic OH excluding ortho intramolecular Hbond substituents is 1. The maximum Gasteiger partial charge on any atom is 0.124 e. The van der Waals surface area contributed by atoms with Gasteiger partial charge in [0.05, 0.1) is 5.69 Å². The summed E-state index contributed by atoms with van der Waals surface area (Å²) in [5, 5.41) is 10.7. The van der Waals surface area contributed by atoms with E-state index in [1.165, 1.54) is 51.1 Å². The Bertz CT molecular complexity index is 3520. The molecular formula is C69H64FIrN5O-2. The van der Waals surface area contributed by atoms with Gasteiger partial charge in [-0.25, -0.2) is 9.97 Å². The summed E-state index contributed by atoms with van der Waals surface area (Å²) in [6.45, 7) is 21.8. The Balaban J connectivity index is 0.000000201. The monoisotopic (exact) mass is 1190 g/mol. The fourth-order valence-electron chi connectivity index (χ4n) is 9.26. The molecule has 6 nitrogen and oxygen atoms in total. The van der Waals surface area contributed by atoms with Crippen LogP contribution in [0.15, 0.2) is 189 Å². The summed E-state index contributed by atoms with van der Waals surface area (Å²) < 4.78 is 13.7. The Morgan fingerprint density at radius 2 is 0.896 bits per heavy atom. The fraction of sp³-hybridized carbons (Fsp3) is 0.203. The van der Waals surface area contributed by atoms with Crippen LogP contribution in [0, 0.1) is 17.9 Å². The van der Waals surface area contributed by atoms with Crippen molar-refractivity contribution in [2.75, 3.05) is 0 Å². The third-order valence-corrected chi connectivity index (χ3v) is 13.5. The van der Waals surface area contributed by atoms with E-state index in [1.54, 1.807) is 30.9 Å². The quantitative estimate of drug-likeness (QED) is 0.137. The minimum atomic E-state index is -0.341. The maximum absolute atomic E-state index is 13.7. The molecule has 0 aliphatic carbocycles. The van der Waals surface area contributed by atoms with E-state index < -0.39 is 0 Å². The molecule has 1 N–H and O–H groups in total. The first-order valence-electron chi connectivity index (χ1n) is 26.0. The van der Waals surface area contributed by atoms with Crippen LogP contribution in [0.2, 0.25) is 0 Å². The van der Waals surface area contributed by atoms with E-state index in [4.69, 9.17) is 4.98 Å². The zero-order valence-corrected chi connectivity index (χ0v) is 47.8. The standard InChI is InChI=1S/C35H31FNO.C34H33N4.Ir/c1-22(2)30-18-26(24-10-6-5-7-11-24)19-31(23(3)4)35(30)27-20-32(25-14-16-28(36)17-15-25)37-33(21-27)29-12-8-9-13-34(29)38;1-33(2,3)31-19-29(35-21-37-31)27-16-26(25-14-12-24(13-15-25)23-10-8-7-9-11-23)17-28(18-27)30-20-32(34(4,5)6)38-22-36-30;/h5-14,16-23,38H,1-4H3;7-17,19-22H,1-6H3;/q2*-1;. The van der Waals surface area contributed by atoms with Crippen molar-refractivity contribution >= 4 is 0 Å². The van der Waals surface area contributed by atoms with Crippen LogP contribution in [0.25, 0.3) is 89.5 Å². The van der Waals surface area contributed by atoms with Gasteiger partial charge in [-0.1, -0.05) is 201 Å². The normalized spacial score (nSPS) is 11.5. The van der Waals surface area contributed by atoms with Gasteiger partial charge in [0.25, 0.3) is 0 Å². The van der Waals surface area contributed by atoms with E-state index in [2.05, 4.69) is 223 Å². The van der Waals surface area contributed by atoms with Gasteiger partial charge < -0.3 is 5.11 Å². The summed E-state index contributed by atoms with van der Waals surface area (Å²) in [4.78, 5) is 23.2. The number of para-hydroxylation sites is 1. The second kappa shape index (κ2) is 23.6. The third-order valence-electron chi connectivity index (χ3n) is 13.5. The number of aromatic nitrogens is 5. The minimum Gasteiger partial charge on any atom is -0.507 e. The second-order valence-corrected chi connectivity index (χ2v) is 22.0. The molecule has 0 atom stereocenters. The smallest absolute Gasteiger partial charge is 0.124 e. The molecule has 10 rings (SSSR count). The molecular weight excluding hydrogens is 1130 g/mol. The Morgan fingerprint density at radius 3 is 1.38 bits per heavy atom. The van der Waals surface area contributed by atoms with Crippen LogP contribution < -0.4 is 0 Å². The molecule has 8 heteroatoms. The van der Waals surface area contributed by atoms with E-state index in [-0.39, 0.29) is 54.3 Å². The van der Waals surface area contributed by atoms with Gasteiger partial charge in [0.2, 0.25) is 0 Å². The van der Waals surface area contributed by atoms with Gasteiger partial charge >= 0.3 is 0 Å². The van der Waals surface area contributed by atoms with E-state index in [0.717, 1.165) is 50.6 Å². The summed E-state index contributed by atoms with van der Waals surface area (Å²) in [7, 11) is 0. The van der Waals surface area contributed by atoms with Gasteiger partial charge in [-0.3, -0.25) is 19.3 Å². The van der Waals surface area contributed by atoms with Gasteiger partial charge in [0.1, 0.15) is 18.4 Å². The molecule has 3 aromatic heterocycles. The second-order valence-electron chi connectivity index (χ2n) is 22.0. The zero-order valence-electron chi connectivity index (χ0n) is 45.4. The van der Waals surface area contributed by atoms with Crippen LogP contribution >= 0.6 is 0 Å². The molecule has 1 radical (unpaired) electrons. The third kappa shape index (κ3) is 13.1. The Labute approximate surface area is 468 Å².